The summed E-state index contributed by atoms with van der Waals surface area (Å²) in [5.74, 6) is 0.250. The Labute approximate surface area is 61.1 Å². The van der Waals surface area contributed by atoms with E-state index in [1.165, 1.54) is 0 Å². The minimum absolute atomic E-state index is 0.250. The third-order valence-electron chi connectivity index (χ3n) is 1.95. The van der Waals surface area contributed by atoms with Crippen molar-refractivity contribution in [1.29, 1.82) is 0 Å². The highest BCUT2D eigenvalue weighted by Crippen LogP contribution is 2.14. The fourth-order valence-corrected chi connectivity index (χ4v) is 1.40. The van der Waals surface area contributed by atoms with Crippen LogP contribution in [-0.4, -0.2) is 35.5 Å². The van der Waals surface area contributed by atoms with Crippen LogP contribution in [0.2, 0.25) is 0 Å². The summed E-state index contributed by atoms with van der Waals surface area (Å²) in [6.45, 7) is 3.27. The molecular weight excluding hydrogens is 130 g/mol. The lowest BCUT2D eigenvalue weighted by atomic mass is 9.99. The molecule has 60 valence electrons. The Hall–Kier alpha value is -0.120. The second-order valence-corrected chi connectivity index (χ2v) is 3.07. The highest BCUT2D eigenvalue weighted by molar-refractivity contribution is 4.81. The molecule has 3 N–H and O–H groups in total. The first-order chi connectivity index (χ1) is 4.70. The Morgan fingerprint density at radius 1 is 1.60 bits per heavy atom. The molecule has 0 aromatic carbocycles. The van der Waals surface area contributed by atoms with Crippen LogP contribution in [0.3, 0.4) is 0 Å². The van der Waals surface area contributed by atoms with Crippen LogP contribution in [0.1, 0.15) is 13.3 Å². The molecule has 10 heavy (non-hydrogen) atoms. The predicted molar refractivity (Wildman–Crippen MR) is 38.7 cm³/mol. The molecule has 1 heterocycles. The van der Waals surface area contributed by atoms with Crippen LogP contribution >= 0.6 is 0 Å². The van der Waals surface area contributed by atoms with E-state index in [0.717, 1.165) is 6.54 Å². The number of rotatable bonds is 2. The Morgan fingerprint density at radius 2 is 2.30 bits per heavy atom. The van der Waals surface area contributed by atoms with Gasteiger partial charge in [-0.2, -0.15) is 0 Å². The van der Waals surface area contributed by atoms with E-state index in [0.29, 0.717) is 13.0 Å². The third-order valence-corrected chi connectivity index (χ3v) is 1.95. The highest BCUT2D eigenvalue weighted by Gasteiger charge is 2.25. The van der Waals surface area contributed by atoms with Gasteiger partial charge in [0, 0.05) is 19.0 Å². The monoisotopic (exact) mass is 145 g/mol. The summed E-state index contributed by atoms with van der Waals surface area (Å²) >= 11 is 0. The van der Waals surface area contributed by atoms with Crippen molar-refractivity contribution in [2.24, 2.45) is 5.92 Å². The lowest BCUT2D eigenvalue weighted by molar-refractivity contribution is 0.0979. The third kappa shape index (κ3) is 1.94. The van der Waals surface area contributed by atoms with E-state index in [-0.39, 0.29) is 18.1 Å². The van der Waals surface area contributed by atoms with Crippen LogP contribution in [-0.2, 0) is 0 Å². The standard InChI is InChI=1S/C7H15NO2/c1-5(9)2-6-3-8-4-7(6)10/h5-10H,2-4H2,1H3. The Balaban J connectivity index is 2.26. The number of aliphatic hydroxyl groups excluding tert-OH is 2. The number of β-amino-alcohol motifs (C(OH)–C–C–N with tert-alkyl or cyclic N) is 1. The fourth-order valence-electron chi connectivity index (χ4n) is 1.40. The van der Waals surface area contributed by atoms with E-state index in [2.05, 4.69) is 5.32 Å². The lowest BCUT2D eigenvalue weighted by Gasteiger charge is -2.14. The molecule has 3 heteroatoms. The van der Waals surface area contributed by atoms with Gasteiger partial charge in [0.05, 0.1) is 12.2 Å². The van der Waals surface area contributed by atoms with Gasteiger partial charge in [-0.15, -0.1) is 0 Å². The van der Waals surface area contributed by atoms with Gasteiger partial charge in [0.1, 0.15) is 0 Å². The molecule has 3 nitrogen and oxygen atoms in total. The normalized spacial score (nSPS) is 36.3. The molecule has 1 fully saturated rings. The second kappa shape index (κ2) is 3.32. The van der Waals surface area contributed by atoms with Crippen molar-refractivity contribution in [3.63, 3.8) is 0 Å². The summed E-state index contributed by atoms with van der Waals surface area (Å²) in [5, 5.41) is 21.3. The van der Waals surface area contributed by atoms with Gasteiger partial charge in [0.2, 0.25) is 0 Å². The summed E-state index contributed by atoms with van der Waals surface area (Å²) in [6.07, 6.45) is 0.155. The molecule has 0 aromatic heterocycles. The first kappa shape index (κ1) is 7.98. The van der Waals surface area contributed by atoms with Gasteiger partial charge in [-0.05, 0) is 13.3 Å². The maximum absolute atomic E-state index is 9.26. The van der Waals surface area contributed by atoms with Gasteiger partial charge in [0.25, 0.3) is 0 Å². The maximum Gasteiger partial charge on any atom is 0.0705 e. The molecule has 0 aliphatic carbocycles. The number of hydrogen-bond acceptors (Lipinski definition) is 3. The average Bonchev–Trinajstić information content (AvgIpc) is 2.15. The van der Waals surface area contributed by atoms with Crippen LogP contribution in [0.15, 0.2) is 0 Å². The van der Waals surface area contributed by atoms with E-state index in [9.17, 15) is 5.11 Å². The van der Waals surface area contributed by atoms with Gasteiger partial charge in [0.15, 0.2) is 0 Å². The molecule has 1 aliphatic rings. The smallest absolute Gasteiger partial charge is 0.0705 e. The minimum Gasteiger partial charge on any atom is -0.393 e. The van der Waals surface area contributed by atoms with Crippen molar-refractivity contribution in [2.45, 2.75) is 25.6 Å². The maximum atomic E-state index is 9.26. The van der Waals surface area contributed by atoms with Crippen LogP contribution in [0.5, 0.6) is 0 Å². The molecule has 0 amide bonds. The van der Waals surface area contributed by atoms with E-state index in [4.69, 9.17) is 5.11 Å². The zero-order valence-corrected chi connectivity index (χ0v) is 6.25. The van der Waals surface area contributed by atoms with Crippen LogP contribution in [0.4, 0.5) is 0 Å². The van der Waals surface area contributed by atoms with Crippen molar-refractivity contribution in [3.8, 4) is 0 Å². The SMILES string of the molecule is CC(O)CC1CNCC1O. The number of nitrogens with one attached hydrogen (secondary N) is 1. The number of aliphatic hydroxyl groups is 2. The van der Waals surface area contributed by atoms with E-state index < -0.39 is 0 Å². The first-order valence-electron chi connectivity index (χ1n) is 3.77. The average molecular weight is 145 g/mol. The Bertz CT molecular complexity index is 106. The molecular formula is C7H15NO2. The van der Waals surface area contributed by atoms with Crippen molar-refractivity contribution < 1.29 is 10.2 Å². The van der Waals surface area contributed by atoms with Crippen molar-refractivity contribution >= 4 is 0 Å². The molecule has 3 unspecified atom stereocenters. The topological polar surface area (TPSA) is 52.5 Å². The fraction of sp³-hybridized carbons (Fsp3) is 1.00. The van der Waals surface area contributed by atoms with Gasteiger partial charge in [-0.1, -0.05) is 0 Å². The molecule has 0 spiro atoms. The highest BCUT2D eigenvalue weighted by atomic mass is 16.3. The summed E-state index contributed by atoms with van der Waals surface area (Å²) in [4.78, 5) is 0. The van der Waals surface area contributed by atoms with Crippen LogP contribution in [0, 0.1) is 5.92 Å². The zero-order chi connectivity index (χ0) is 7.56. The van der Waals surface area contributed by atoms with E-state index >= 15 is 0 Å². The lowest BCUT2D eigenvalue weighted by Crippen LogP contribution is -2.21. The van der Waals surface area contributed by atoms with Gasteiger partial charge in [-0.25, -0.2) is 0 Å². The molecule has 1 saturated heterocycles. The molecule has 1 aliphatic heterocycles. The quantitative estimate of drug-likeness (QED) is 0.483. The molecule has 0 saturated carbocycles. The van der Waals surface area contributed by atoms with Crippen molar-refractivity contribution in [2.75, 3.05) is 13.1 Å². The number of hydrogen-bond donors (Lipinski definition) is 3. The molecule has 0 radical (unpaired) electrons. The molecule has 0 bridgehead atoms. The van der Waals surface area contributed by atoms with Gasteiger partial charge >= 0.3 is 0 Å². The molecule has 1 rings (SSSR count). The second-order valence-electron chi connectivity index (χ2n) is 3.07. The summed E-state index contributed by atoms with van der Waals surface area (Å²) in [7, 11) is 0. The molecule has 0 aromatic rings. The zero-order valence-electron chi connectivity index (χ0n) is 6.25. The van der Waals surface area contributed by atoms with E-state index in [1.54, 1.807) is 6.92 Å². The summed E-state index contributed by atoms with van der Waals surface area (Å²) < 4.78 is 0. The van der Waals surface area contributed by atoms with Crippen LogP contribution < -0.4 is 5.32 Å². The summed E-state index contributed by atoms with van der Waals surface area (Å²) in [6, 6.07) is 0. The van der Waals surface area contributed by atoms with E-state index in [1.807, 2.05) is 0 Å². The molecule has 3 atom stereocenters. The van der Waals surface area contributed by atoms with Gasteiger partial charge in [-0.3, -0.25) is 0 Å². The summed E-state index contributed by atoms with van der Waals surface area (Å²) in [5.41, 5.74) is 0. The van der Waals surface area contributed by atoms with Crippen LogP contribution in [0.25, 0.3) is 0 Å². The Kier molecular flexibility index (Phi) is 2.65. The predicted octanol–water partition coefficient (Wildman–Crippen LogP) is -0.662. The minimum atomic E-state index is -0.292. The van der Waals surface area contributed by atoms with Gasteiger partial charge < -0.3 is 15.5 Å². The Morgan fingerprint density at radius 3 is 2.70 bits per heavy atom. The van der Waals surface area contributed by atoms with Crippen molar-refractivity contribution in [3.05, 3.63) is 0 Å². The first-order valence-corrected chi connectivity index (χ1v) is 3.77. The largest absolute Gasteiger partial charge is 0.393 e. The van der Waals surface area contributed by atoms with Crippen molar-refractivity contribution in [1.82, 2.24) is 5.32 Å².